The Morgan fingerprint density at radius 3 is 2.33 bits per heavy atom. The number of carbonyl (C=O) groups excluding carboxylic acids is 1. The lowest BCUT2D eigenvalue weighted by Gasteiger charge is -2.48. The van der Waals surface area contributed by atoms with E-state index in [4.69, 9.17) is 9.47 Å². The Kier molecular flexibility index (Phi) is 7.30. The van der Waals surface area contributed by atoms with E-state index in [1.54, 1.807) is 0 Å². The van der Waals surface area contributed by atoms with Crippen molar-refractivity contribution in [1.29, 1.82) is 0 Å². The lowest BCUT2D eigenvalue weighted by Crippen LogP contribution is -2.57. The van der Waals surface area contributed by atoms with Crippen molar-refractivity contribution in [2.75, 3.05) is 31.7 Å². The summed E-state index contributed by atoms with van der Waals surface area (Å²) < 4.78 is 11.2. The van der Waals surface area contributed by atoms with E-state index in [0.29, 0.717) is 31.9 Å². The highest BCUT2D eigenvalue weighted by Crippen LogP contribution is 2.40. The molecule has 3 aromatic rings. The highest BCUT2D eigenvalue weighted by atomic mass is 16.5. The first-order valence-corrected chi connectivity index (χ1v) is 11.7. The molecule has 5 nitrogen and oxygen atoms in total. The summed E-state index contributed by atoms with van der Waals surface area (Å²) in [6.45, 7) is 6.47. The molecule has 3 aromatic carbocycles. The molecule has 33 heavy (non-hydrogen) atoms. The molecule has 172 valence electrons. The van der Waals surface area contributed by atoms with Crippen LogP contribution in [0, 0.1) is 0 Å². The van der Waals surface area contributed by atoms with Crippen molar-refractivity contribution in [2.45, 2.75) is 32.4 Å². The van der Waals surface area contributed by atoms with Crippen molar-refractivity contribution < 1.29 is 14.3 Å². The van der Waals surface area contributed by atoms with Gasteiger partial charge in [0.25, 0.3) is 5.91 Å². The van der Waals surface area contributed by atoms with Crippen molar-refractivity contribution in [3.05, 3.63) is 95.6 Å². The van der Waals surface area contributed by atoms with Crippen molar-refractivity contribution in [3.63, 3.8) is 0 Å². The third-order valence-electron chi connectivity index (χ3n) is 6.22. The lowest BCUT2D eigenvalue weighted by molar-refractivity contribution is 0.0487. The molecule has 1 aliphatic rings. The van der Waals surface area contributed by atoms with Gasteiger partial charge >= 0.3 is 0 Å². The van der Waals surface area contributed by atoms with E-state index in [1.807, 2.05) is 66.4 Å². The first-order chi connectivity index (χ1) is 16.2. The number of fused-ring (bicyclic) bond motifs is 1. The Labute approximate surface area is 196 Å². The van der Waals surface area contributed by atoms with Crippen LogP contribution in [0.25, 0.3) is 0 Å². The maximum atomic E-state index is 13.7. The molecule has 1 aliphatic heterocycles. The third kappa shape index (κ3) is 4.88. The molecule has 0 saturated heterocycles. The third-order valence-corrected chi connectivity index (χ3v) is 6.22. The van der Waals surface area contributed by atoms with Crippen molar-refractivity contribution in [1.82, 2.24) is 4.90 Å². The zero-order valence-corrected chi connectivity index (χ0v) is 19.4. The standard InChI is InChI=1S/C28H32N2O3/c1-3-28(23-14-16-24(17-15-23)33-21-20-32-4-2)29-26-13-9-8-12-25(26)27(31)30(28)19-18-22-10-6-5-7-11-22/h5-17,29H,3-4,18-21H2,1-2H3. The quantitative estimate of drug-likeness (QED) is 0.421. The minimum absolute atomic E-state index is 0.0548. The van der Waals surface area contributed by atoms with Crippen LogP contribution in [0.3, 0.4) is 0 Å². The molecule has 0 spiro atoms. The number of nitrogens with one attached hydrogen (secondary N) is 1. The van der Waals surface area contributed by atoms with Crippen molar-refractivity contribution in [2.24, 2.45) is 0 Å². The molecule has 1 amide bonds. The number of amides is 1. The molecule has 0 aliphatic carbocycles. The normalized spacial score (nSPS) is 17.4. The summed E-state index contributed by atoms with van der Waals surface area (Å²) in [5.41, 5.74) is 3.21. The summed E-state index contributed by atoms with van der Waals surface area (Å²) >= 11 is 0. The molecular formula is C28H32N2O3. The van der Waals surface area contributed by atoms with Gasteiger partial charge < -0.3 is 19.7 Å². The second-order valence-corrected chi connectivity index (χ2v) is 8.15. The van der Waals surface area contributed by atoms with E-state index in [1.165, 1.54) is 5.56 Å². The molecule has 0 bridgehead atoms. The van der Waals surface area contributed by atoms with Gasteiger partial charge in [-0.25, -0.2) is 0 Å². The van der Waals surface area contributed by atoms with Gasteiger partial charge in [0, 0.05) is 18.8 Å². The van der Waals surface area contributed by atoms with Crippen LogP contribution in [-0.2, 0) is 16.8 Å². The molecular weight excluding hydrogens is 412 g/mol. The van der Waals surface area contributed by atoms with E-state index in [0.717, 1.165) is 29.8 Å². The zero-order valence-electron chi connectivity index (χ0n) is 19.4. The molecule has 1 atom stereocenters. The largest absolute Gasteiger partial charge is 0.491 e. The number of anilines is 1. The average molecular weight is 445 g/mol. The zero-order chi connectivity index (χ0) is 23.1. The van der Waals surface area contributed by atoms with Gasteiger partial charge in [-0.3, -0.25) is 4.79 Å². The fourth-order valence-electron chi connectivity index (χ4n) is 4.47. The van der Waals surface area contributed by atoms with E-state index in [-0.39, 0.29) is 5.91 Å². The van der Waals surface area contributed by atoms with Gasteiger partial charge in [-0.2, -0.15) is 0 Å². The maximum absolute atomic E-state index is 13.7. The second-order valence-electron chi connectivity index (χ2n) is 8.15. The molecule has 0 radical (unpaired) electrons. The topological polar surface area (TPSA) is 50.8 Å². The summed E-state index contributed by atoms with van der Waals surface area (Å²) in [5.74, 6) is 0.849. The maximum Gasteiger partial charge on any atom is 0.258 e. The molecule has 1 heterocycles. The second kappa shape index (κ2) is 10.5. The highest BCUT2D eigenvalue weighted by Gasteiger charge is 2.44. The smallest absolute Gasteiger partial charge is 0.258 e. The van der Waals surface area contributed by atoms with Crippen molar-refractivity contribution >= 4 is 11.6 Å². The van der Waals surface area contributed by atoms with Gasteiger partial charge in [0.15, 0.2) is 0 Å². The van der Waals surface area contributed by atoms with Crippen LogP contribution in [-0.4, -0.2) is 37.2 Å². The van der Waals surface area contributed by atoms with Gasteiger partial charge in [0.1, 0.15) is 18.0 Å². The fourth-order valence-corrected chi connectivity index (χ4v) is 4.47. The van der Waals surface area contributed by atoms with E-state index in [9.17, 15) is 4.79 Å². The number of benzene rings is 3. The predicted molar refractivity (Wildman–Crippen MR) is 132 cm³/mol. The first kappa shape index (κ1) is 22.9. The van der Waals surface area contributed by atoms with Crippen LogP contribution < -0.4 is 10.1 Å². The van der Waals surface area contributed by atoms with Crippen molar-refractivity contribution in [3.8, 4) is 5.75 Å². The van der Waals surface area contributed by atoms with Gasteiger partial charge in [0.2, 0.25) is 0 Å². The Morgan fingerprint density at radius 1 is 0.879 bits per heavy atom. The summed E-state index contributed by atoms with van der Waals surface area (Å²) in [4.78, 5) is 15.7. The number of hydrogen-bond donors (Lipinski definition) is 1. The predicted octanol–water partition coefficient (Wildman–Crippen LogP) is 5.48. The Bertz CT molecular complexity index is 1050. The summed E-state index contributed by atoms with van der Waals surface area (Å²) in [6, 6.07) is 26.1. The van der Waals surface area contributed by atoms with Crippen LogP contribution in [0.2, 0.25) is 0 Å². The summed E-state index contributed by atoms with van der Waals surface area (Å²) in [5, 5.41) is 3.72. The van der Waals surface area contributed by atoms with E-state index in [2.05, 4.69) is 36.5 Å². The fraction of sp³-hybridized carbons (Fsp3) is 0.321. The van der Waals surface area contributed by atoms with Crippen LogP contribution in [0.4, 0.5) is 5.69 Å². The first-order valence-electron chi connectivity index (χ1n) is 11.7. The molecule has 1 unspecified atom stereocenters. The molecule has 0 aromatic heterocycles. The van der Waals surface area contributed by atoms with Gasteiger partial charge in [-0.1, -0.05) is 61.5 Å². The molecule has 0 saturated carbocycles. The lowest BCUT2D eigenvalue weighted by atomic mass is 9.89. The number of hydrogen-bond acceptors (Lipinski definition) is 4. The summed E-state index contributed by atoms with van der Waals surface area (Å²) in [7, 11) is 0. The van der Waals surface area contributed by atoms with Gasteiger partial charge in [-0.05, 0) is 55.2 Å². The SMILES string of the molecule is CCOCCOc1ccc(C2(CC)Nc3ccccc3C(=O)N2CCc2ccccc2)cc1. The Morgan fingerprint density at radius 2 is 1.61 bits per heavy atom. The van der Waals surface area contributed by atoms with Crippen LogP contribution in [0.1, 0.15) is 41.8 Å². The number of ether oxygens (including phenoxy) is 2. The van der Waals surface area contributed by atoms with Gasteiger partial charge in [-0.15, -0.1) is 0 Å². The van der Waals surface area contributed by atoms with Crippen LogP contribution in [0.15, 0.2) is 78.9 Å². The molecule has 0 fully saturated rings. The monoisotopic (exact) mass is 444 g/mol. The molecule has 1 N–H and O–H groups in total. The number of para-hydroxylation sites is 1. The minimum Gasteiger partial charge on any atom is -0.491 e. The van der Waals surface area contributed by atoms with E-state index >= 15 is 0 Å². The Balaban J connectivity index is 1.64. The van der Waals surface area contributed by atoms with E-state index < -0.39 is 5.66 Å². The number of nitrogens with zero attached hydrogens (tertiary/aromatic N) is 1. The average Bonchev–Trinajstić information content (AvgIpc) is 2.87. The number of rotatable bonds is 10. The van der Waals surface area contributed by atoms with Crippen LogP contribution >= 0.6 is 0 Å². The summed E-state index contributed by atoms with van der Waals surface area (Å²) in [6.07, 6.45) is 1.52. The van der Waals surface area contributed by atoms with Crippen LogP contribution in [0.5, 0.6) is 5.75 Å². The molecule has 5 heteroatoms. The highest BCUT2D eigenvalue weighted by molar-refractivity contribution is 6.02. The number of carbonyl (C=O) groups is 1. The Hall–Kier alpha value is -3.31. The molecule has 4 rings (SSSR count). The minimum atomic E-state index is -0.635. The van der Waals surface area contributed by atoms with Gasteiger partial charge in [0.05, 0.1) is 12.2 Å².